The van der Waals surface area contributed by atoms with Gasteiger partial charge in [-0.25, -0.2) is 5.10 Å². The fourth-order valence-electron chi connectivity index (χ4n) is 2.16. The summed E-state index contributed by atoms with van der Waals surface area (Å²) in [5, 5.41) is 12.0. The first-order chi connectivity index (χ1) is 11.7. The lowest BCUT2D eigenvalue weighted by Gasteiger charge is -2.04. The second-order valence-corrected chi connectivity index (χ2v) is 5.68. The van der Waals surface area contributed by atoms with Gasteiger partial charge in [0, 0.05) is 5.56 Å². The molecule has 0 aliphatic carbocycles. The molecule has 0 aliphatic heterocycles. The zero-order chi connectivity index (χ0) is 16.9. The molecule has 0 atom stereocenters. The minimum absolute atomic E-state index is 0.395. The Morgan fingerprint density at radius 1 is 1.25 bits per heavy atom. The van der Waals surface area contributed by atoms with Gasteiger partial charge in [0.05, 0.1) is 17.8 Å². The van der Waals surface area contributed by atoms with Crippen LogP contribution in [0.2, 0.25) is 5.02 Å². The highest BCUT2D eigenvalue weighted by Crippen LogP contribution is 2.25. The normalized spacial score (nSPS) is 11.1. The first-order valence-electron chi connectivity index (χ1n) is 7.38. The van der Waals surface area contributed by atoms with Crippen molar-refractivity contribution in [2.24, 2.45) is 5.10 Å². The third kappa shape index (κ3) is 3.55. The van der Waals surface area contributed by atoms with Crippen LogP contribution in [0, 0.1) is 4.77 Å². The minimum atomic E-state index is 0.395. The number of benzene rings is 2. The lowest BCUT2D eigenvalue weighted by Crippen LogP contribution is -1.96. The fourth-order valence-corrected chi connectivity index (χ4v) is 2.56. The number of H-pyrrole nitrogens is 1. The van der Waals surface area contributed by atoms with E-state index in [-0.39, 0.29) is 0 Å². The van der Waals surface area contributed by atoms with E-state index in [2.05, 4.69) is 15.3 Å². The van der Waals surface area contributed by atoms with Crippen molar-refractivity contribution in [2.45, 2.75) is 6.92 Å². The van der Waals surface area contributed by atoms with Gasteiger partial charge in [0.25, 0.3) is 0 Å². The molecule has 3 aromatic rings. The van der Waals surface area contributed by atoms with Crippen LogP contribution in [-0.4, -0.2) is 27.7 Å². The van der Waals surface area contributed by atoms with Crippen molar-refractivity contribution in [1.29, 1.82) is 0 Å². The molecule has 0 aliphatic rings. The molecule has 0 bridgehead atoms. The third-order valence-electron chi connectivity index (χ3n) is 3.28. The molecule has 0 amide bonds. The molecule has 2 aromatic carbocycles. The lowest BCUT2D eigenvalue weighted by atomic mass is 10.2. The van der Waals surface area contributed by atoms with Crippen LogP contribution in [0.25, 0.3) is 11.4 Å². The SMILES string of the molecule is CCOc1ccc(/C=N/n2c(-c3ccccc3Cl)n[nH]c2=S)cc1. The van der Waals surface area contributed by atoms with Crippen molar-refractivity contribution >= 4 is 30.0 Å². The highest BCUT2D eigenvalue weighted by Gasteiger charge is 2.11. The summed E-state index contributed by atoms with van der Waals surface area (Å²) < 4.78 is 7.37. The van der Waals surface area contributed by atoms with E-state index in [1.165, 1.54) is 0 Å². The molecule has 0 unspecified atom stereocenters. The summed E-state index contributed by atoms with van der Waals surface area (Å²) >= 11 is 11.5. The summed E-state index contributed by atoms with van der Waals surface area (Å²) in [4.78, 5) is 0. The Morgan fingerprint density at radius 3 is 2.71 bits per heavy atom. The van der Waals surface area contributed by atoms with Crippen LogP contribution in [0.5, 0.6) is 5.75 Å². The number of ether oxygens (including phenoxy) is 1. The van der Waals surface area contributed by atoms with Gasteiger partial charge in [-0.1, -0.05) is 23.7 Å². The highest BCUT2D eigenvalue weighted by molar-refractivity contribution is 7.71. The van der Waals surface area contributed by atoms with E-state index in [1.54, 1.807) is 17.0 Å². The minimum Gasteiger partial charge on any atom is -0.494 e. The van der Waals surface area contributed by atoms with Gasteiger partial charge >= 0.3 is 0 Å². The topological polar surface area (TPSA) is 55.2 Å². The number of hydrogen-bond donors (Lipinski definition) is 1. The molecule has 0 saturated heterocycles. The lowest BCUT2D eigenvalue weighted by molar-refractivity contribution is 0.340. The predicted molar refractivity (Wildman–Crippen MR) is 98.5 cm³/mol. The van der Waals surface area contributed by atoms with Crippen LogP contribution >= 0.6 is 23.8 Å². The van der Waals surface area contributed by atoms with Crippen molar-refractivity contribution in [1.82, 2.24) is 14.9 Å². The van der Waals surface area contributed by atoms with Crippen molar-refractivity contribution in [3.05, 3.63) is 63.9 Å². The Hall–Kier alpha value is -2.44. The molecular weight excluding hydrogens is 344 g/mol. The molecule has 24 heavy (non-hydrogen) atoms. The van der Waals surface area contributed by atoms with E-state index in [0.29, 0.717) is 22.2 Å². The number of nitrogens with one attached hydrogen (secondary N) is 1. The summed E-state index contributed by atoms with van der Waals surface area (Å²) in [6.45, 7) is 2.59. The second-order valence-electron chi connectivity index (χ2n) is 4.89. The summed E-state index contributed by atoms with van der Waals surface area (Å²) in [6, 6.07) is 15.1. The molecule has 1 aromatic heterocycles. The Balaban J connectivity index is 1.92. The molecule has 0 fully saturated rings. The number of halogens is 1. The second kappa shape index (κ2) is 7.42. The molecule has 7 heteroatoms. The van der Waals surface area contributed by atoms with Crippen LogP contribution in [0.3, 0.4) is 0 Å². The summed E-state index contributed by atoms with van der Waals surface area (Å²) in [7, 11) is 0. The number of rotatable bonds is 5. The average molecular weight is 359 g/mol. The molecule has 122 valence electrons. The quantitative estimate of drug-likeness (QED) is 0.538. The number of hydrogen-bond acceptors (Lipinski definition) is 4. The van der Waals surface area contributed by atoms with Gasteiger partial charge in [-0.3, -0.25) is 0 Å². The van der Waals surface area contributed by atoms with E-state index in [1.807, 2.05) is 49.4 Å². The number of nitrogens with zero attached hydrogens (tertiary/aromatic N) is 3. The maximum Gasteiger partial charge on any atom is 0.216 e. The standard InChI is InChI=1S/C17H15ClN4OS/c1-2-23-13-9-7-12(8-10-13)11-19-22-16(20-21-17(22)24)14-5-3-4-6-15(14)18/h3-11H,2H2,1H3,(H,21,24)/b19-11+. The number of aromatic amines is 1. The zero-order valence-electron chi connectivity index (χ0n) is 12.9. The van der Waals surface area contributed by atoms with Crippen LogP contribution in [0.4, 0.5) is 0 Å². The summed E-state index contributed by atoms with van der Waals surface area (Å²) in [5.41, 5.74) is 1.68. The maximum absolute atomic E-state index is 6.24. The van der Waals surface area contributed by atoms with Crippen LogP contribution in [-0.2, 0) is 0 Å². The van der Waals surface area contributed by atoms with Gasteiger partial charge in [-0.15, -0.1) is 0 Å². The molecule has 3 rings (SSSR count). The van der Waals surface area contributed by atoms with Gasteiger partial charge in [0.2, 0.25) is 4.77 Å². The van der Waals surface area contributed by atoms with Crippen molar-refractivity contribution < 1.29 is 4.74 Å². The largest absolute Gasteiger partial charge is 0.494 e. The van der Waals surface area contributed by atoms with Gasteiger partial charge in [0.1, 0.15) is 5.75 Å². The van der Waals surface area contributed by atoms with Crippen LogP contribution in [0.15, 0.2) is 53.6 Å². The van der Waals surface area contributed by atoms with E-state index in [4.69, 9.17) is 28.6 Å². The Morgan fingerprint density at radius 2 is 2.00 bits per heavy atom. The molecule has 0 spiro atoms. The Bertz CT molecular complexity index is 915. The van der Waals surface area contributed by atoms with Crippen molar-refractivity contribution in [3.63, 3.8) is 0 Å². The van der Waals surface area contributed by atoms with E-state index < -0.39 is 0 Å². The molecule has 1 N–H and O–H groups in total. The van der Waals surface area contributed by atoms with E-state index >= 15 is 0 Å². The fraction of sp³-hybridized carbons (Fsp3) is 0.118. The number of aromatic nitrogens is 3. The Labute approximate surface area is 149 Å². The van der Waals surface area contributed by atoms with Gasteiger partial charge in [-0.2, -0.15) is 14.9 Å². The van der Waals surface area contributed by atoms with E-state index in [9.17, 15) is 0 Å². The maximum atomic E-state index is 6.24. The first kappa shape index (κ1) is 16.4. The van der Waals surface area contributed by atoms with Gasteiger partial charge in [0.15, 0.2) is 5.82 Å². The van der Waals surface area contributed by atoms with E-state index in [0.717, 1.165) is 16.9 Å². The van der Waals surface area contributed by atoms with Crippen LogP contribution < -0.4 is 4.74 Å². The molecule has 5 nitrogen and oxygen atoms in total. The van der Waals surface area contributed by atoms with Gasteiger partial charge in [-0.05, 0) is 61.1 Å². The highest BCUT2D eigenvalue weighted by atomic mass is 35.5. The monoisotopic (exact) mass is 358 g/mol. The smallest absolute Gasteiger partial charge is 0.216 e. The Kier molecular flexibility index (Phi) is 5.08. The third-order valence-corrected chi connectivity index (χ3v) is 3.87. The molecule has 1 heterocycles. The average Bonchev–Trinajstić information content (AvgIpc) is 2.96. The van der Waals surface area contributed by atoms with Crippen molar-refractivity contribution in [2.75, 3.05) is 6.61 Å². The van der Waals surface area contributed by atoms with Crippen molar-refractivity contribution in [3.8, 4) is 17.1 Å². The molecular formula is C17H15ClN4OS. The molecule has 0 radical (unpaired) electrons. The zero-order valence-corrected chi connectivity index (χ0v) is 14.5. The van der Waals surface area contributed by atoms with Crippen LogP contribution in [0.1, 0.15) is 12.5 Å². The van der Waals surface area contributed by atoms with Gasteiger partial charge < -0.3 is 4.74 Å². The summed E-state index contributed by atoms with van der Waals surface area (Å²) in [5.74, 6) is 1.39. The summed E-state index contributed by atoms with van der Waals surface area (Å²) in [6.07, 6.45) is 1.71. The molecule has 0 saturated carbocycles. The predicted octanol–water partition coefficient (Wildman–Crippen LogP) is 4.54. The first-order valence-corrected chi connectivity index (χ1v) is 8.17.